The fourth-order valence-electron chi connectivity index (χ4n) is 4.58. The quantitative estimate of drug-likeness (QED) is 0.725. The second-order valence-corrected chi connectivity index (χ2v) is 8.31. The maximum Gasteiger partial charge on any atom is 0.262 e. The summed E-state index contributed by atoms with van der Waals surface area (Å²) in [5.41, 5.74) is 7.59. The Bertz CT molecular complexity index is 875. The number of rotatable bonds is 4. The van der Waals surface area contributed by atoms with Gasteiger partial charge in [0.05, 0.1) is 11.1 Å². The lowest BCUT2D eigenvalue weighted by Crippen LogP contribution is -2.54. The number of piperidine rings is 1. The standard InChI is InChI=1S/C21H26N4O4/c1-24(14-5-3-13(22)4-6-14)11-12-2-7-15-16(10-12)21(29)25(20(15)28)17-8-9-18(26)23-19(17)27/h2,7,10,13-14,17H,3-6,8-9,11,22H2,1H3,(H,23,26,27). The van der Waals surface area contributed by atoms with Crippen LogP contribution in [0.3, 0.4) is 0 Å². The van der Waals surface area contributed by atoms with Crippen molar-refractivity contribution in [1.82, 2.24) is 15.1 Å². The molecule has 3 N–H and O–H groups in total. The van der Waals surface area contributed by atoms with Crippen molar-refractivity contribution in [3.63, 3.8) is 0 Å². The minimum atomic E-state index is -0.933. The number of imide groups is 2. The Labute approximate surface area is 169 Å². The van der Waals surface area contributed by atoms with E-state index < -0.39 is 23.8 Å². The van der Waals surface area contributed by atoms with Gasteiger partial charge in [-0.1, -0.05) is 6.07 Å². The molecule has 1 aromatic rings. The molecule has 1 aromatic carbocycles. The van der Waals surface area contributed by atoms with E-state index in [9.17, 15) is 19.2 Å². The van der Waals surface area contributed by atoms with Crippen LogP contribution in [0.15, 0.2) is 18.2 Å². The van der Waals surface area contributed by atoms with Gasteiger partial charge in [-0.15, -0.1) is 0 Å². The van der Waals surface area contributed by atoms with E-state index in [-0.39, 0.29) is 18.7 Å². The van der Waals surface area contributed by atoms with E-state index in [0.29, 0.717) is 29.8 Å². The van der Waals surface area contributed by atoms with Gasteiger partial charge in [-0.3, -0.25) is 34.3 Å². The lowest BCUT2D eigenvalue weighted by Gasteiger charge is -2.33. The molecule has 0 spiro atoms. The first kappa shape index (κ1) is 19.7. The molecule has 4 rings (SSSR count). The van der Waals surface area contributed by atoms with Gasteiger partial charge < -0.3 is 5.73 Å². The molecule has 1 saturated heterocycles. The predicted octanol–water partition coefficient (Wildman–Crippen LogP) is 0.790. The first-order chi connectivity index (χ1) is 13.8. The van der Waals surface area contributed by atoms with Crippen LogP contribution in [0.4, 0.5) is 0 Å². The highest BCUT2D eigenvalue weighted by Gasteiger charge is 2.44. The van der Waals surface area contributed by atoms with E-state index in [4.69, 9.17) is 5.73 Å². The minimum Gasteiger partial charge on any atom is -0.328 e. The van der Waals surface area contributed by atoms with Gasteiger partial charge in [0.15, 0.2) is 0 Å². The highest BCUT2D eigenvalue weighted by atomic mass is 16.2. The average Bonchev–Trinajstić information content (AvgIpc) is 2.93. The summed E-state index contributed by atoms with van der Waals surface area (Å²) in [5, 5.41) is 2.21. The van der Waals surface area contributed by atoms with E-state index in [1.807, 2.05) is 6.07 Å². The van der Waals surface area contributed by atoms with Crippen LogP contribution in [-0.2, 0) is 16.1 Å². The lowest BCUT2D eigenvalue weighted by atomic mass is 9.91. The monoisotopic (exact) mass is 398 g/mol. The number of fused-ring (bicyclic) bond motifs is 1. The molecule has 0 bridgehead atoms. The van der Waals surface area contributed by atoms with Gasteiger partial charge in [0, 0.05) is 25.0 Å². The summed E-state index contributed by atoms with van der Waals surface area (Å²) in [6, 6.07) is 5.11. The highest BCUT2D eigenvalue weighted by Crippen LogP contribution is 2.29. The van der Waals surface area contributed by atoms with Gasteiger partial charge in [-0.2, -0.15) is 0 Å². The number of hydrogen-bond acceptors (Lipinski definition) is 6. The van der Waals surface area contributed by atoms with Crippen LogP contribution in [0.2, 0.25) is 0 Å². The van der Waals surface area contributed by atoms with Gasteiger partial charge in [0.1, 0.15) is 6.04 Å². The molecule has 2 fully saturated rings. The second kappa shape index (κ2) is 7.68. The molecule has 154 valence electrons. The largest absolute Gasteiger partial charge is 0.328 e. The third kappa shape index (κ3) is 3.70. The number of carbonyl (C=O) groups is 4. The summed E-state index contributed by atoms with van der Waals surface area (Å²) in [6.45, 7) is 0.674. The number of hydrogen-bond donors (Lipinski definition) is 2. The van der Waals surface area contributed by atoms with Gasteiger partial charge in [-0.05, 0) is 56.8 Å². The SMILES string of the molecule is CN(Cc1ccc2c(c1)C(=O)N(C1CCC(=O)NC1=O)C2=O)C1CCC(N)CC1. The molecule has 1 aliphatic carbocycles. The predicted molar refractivity (Wildman–Crippen MR) is 105 cm³/mol. The van der Waals surface area contributed by atoms with Gasteiger partial charge in [0.2, 0.25) is 11.8 Å². The zero-order valence-electron chi connectivity index (χ0n) is 16.5. The Hall–Kier alpha value is -2.58. The number of carbonyl (C=O) groups excluding carboxylic acids is 4. The average molecular weight is 398 g/mol. The number of benzene rings is 1. The summed E-state index contributed by atoms with van der Waals surface area (Å²) in [6.07, 6.45) is 4.44. The first-order valence-corrected chi connectivity index (χ1v) is 10.2. The molecule has 2 heterocycles. The highest BCUT2D eigenvalue weighted by molar-refractivity contribution is 6.23. The topological polar surface area (TPSA) is 113 Å². The van der Waals surface area contributed by atoms with E-state index in [0.717, 1.165) is 36.1 Å². The van der Waals surface area contributed by atoms with Crippen LogP contribution < -0.4 is 11.1 Å². The van der Waals surface area contributed by atoms with Crippen LogP contribution >= 0.6 is 0 Å². The van der Waals surface area contributed by atoms with Gasteiger partial charge in [-0.25, -0.2) is 0 Å². The Kier molecular flexibility index (Phi) is 5.23. The number of nitrogens with one attached hydrogen (secondary N) is 1. The third-order valence-electron chi connectivity index (χ3n) is 6.30. The molecule has 8 nitrogen and oxygen atoms in total. The Morgan fingerprint density at radius 1 is 1.03 bits per heavy atom. The smallest absolute Gasteiger partial charge is 0.262 e. The fraction of sp³-hybridized carbons (Fsp3) is 0.524. The minimum absolute atomic E-state index is 0.116. The van der Waals surface area contributed by atoms with Crippen molar-refractivity contribution in [2.24, 2.45) is 5.73 Å². The molecule has 29 heavy (non-hydrogen) atoms. The van der Waals surface area contributed by atoms with Crippen molar-refractivity contribution in [1.29, 1.82) is 0 Å². The lowest BCUT2D eigenvalue weighted by molar-refractivity contribution is -0.136. The molecular weight excluding hydrogens is 372 g/mol. The second-order valence-electron chi connectivity index (χ2n) is 8.31. The molecular formula is C21H26N4O4. The Morgan fingerprint density at radius 2 is 1.72 bits per heavy atom. The maximum absolute atomic E-state index is 12.9. The number of amides is 4. The van der Waals surface area contributed by atoms with E-state index in [1.165, 1.54) is 0 Å². The van der Waals surface area contributed by atoms with E-state index >= 15 is 0 Å². The molecule has 2 aliphatic heterocycles. The summed E-state index contributed by atoms with van der Waals surface area (Å²) in [4.78, 5) is 52.5. The van der Waals surface area contributed by atoms with Crippen molar-refractivity contribution in [2.45, 2.75) is 63.2 Å². The molecule has 1 saturated carbocycles. The molecule has 8 heteroatoms. The third-order valence-corrected chi connectivity index (χ3v) is 6.30. The summed E-state index contributed by atoms with van der Waals surface area (Å²) in [5.74, 6) is -1.91. The first-order valence-electron chi connectivity index (χ1n) is 10.2. The van der Waals surface area contributed by atoms with E-state index in [1.54, 1.807) is 12.1 Å². The summed E-state index contributed by atoms with van der Waals surface area (Å²) < 4.78 is 0. The van der Waals surface area contributed by atoms with Crippen molar-refractivity contribution in [3.05, 3.63) is 34.9 Å². The Balaban J connectivity index is 1.50. The molecule has 3 aliphatic rings. The fourth-order valence-corrected chi connectivity index (χ4v) is 4.58. The normalized spacial score (nSPS) is 27.4. The zero-order valence-corrected chi connectivity index (χ0v) is 16.5. The van der Waals surface area contributed by atoms with Crippen LogP contribution in [0, 0.1) is 0 Å². The molecule has 0 radical (unpaired) electrons. The van der Waals surface area contributed by atoms with Crippen LogP contribution in [0.25, 0.3) is 0 Å². The number of nitrogens with zero attached hydrogens (tertiary/aromatic N) is 2. The molecule has 1 atom stereocenters. The van der Waals surface area contributed by atoms with Gasteiger partial charge in [0.25, 0.3) is 11.8 Å². The van der Waals surface area contributed by atoms with Crippen molar-refractivity contribution in [3.8, 4) is 0 Å². The van der Waals surface area contributed by atoms with Crippen molar-refractivity contribution < 1.29 is 19.2 Å². The molecule has 1 unspecified atom stereocenters. The molecule has 0 aromatic heterocycles. The maximum atomic E-state index is 12.9. The van der Waals surface area contributed by atoms with Crippen LogP contribution in [-0.4, -0.2) is 58.6 Å². The zero-order chi connectivity index (χ0) is 20.7. The summed E-state index contributed by atoms with van der Waals surface area (Å²) >= 11 is 0. The van der Waals surface area contributed by atoms with Gasteiger partial charge >= 0.3 is 0 Å². The van der Waals surface area contributed by atoms with Crippen molar-refractivity contribution >= 4 is 23.6 Å². The van der Waals surface area contributed by atoms with Crippen molar-refractivity contribution in [2.75, 3.05) is 7.05 Å². The number of nitrogens with two attached hydrogens (primary N) is 1. The summed E-state index contributed by atoms with van der Waals surface area (Å²) in [7, 11) is 2.07. The van der Waals surface area contributed by atoms with E-state index in [2.05, 4.69) is 17.3 Å². The van der Waals surface area contributed by atoms with Crippen LogP contribution in [0.1, 0.15) is 64.8 Å². The Morgan fingerprint density at radius 3 is 2.41 bits per heavy atom. The van der Waals surface area contributed by atoms with Crippen LogP contribution in [0.5, 0.6) is 0 Å². The molecule has 4 amide bonds.